The molecule has 0 saturated heterocycles. The van der Waals surface area contributed by atoms with Crippen LogP contribution < -0.4 is 10.6 Å². The van der Waals surface area contributed by atoms with Gasteiger partial charge in [0.2, 0.25) is 5.91 Å². The second-order valence-corrected chi connectivity index (χ2v) is 6.17. The standard InChI is InChI=1S/C18H22N2O3/c1-13-6-4-5-7-15(13)18(2,3)12-20-16(21)10-19-17(22)14-8-9-23-11-14/h4-9,11H,10,12H2,1-3H3,(H,19,22)(H,20,21). The molecule has 2 aromatic rings. The van der Waals surface area contributed by atoms with Crippen molar-refractivity contribution >= 4 is 11.8 Å². The van der Waals surface area contributed by atoms with Crippen LogP contribution in [0.1, 0.15) is 35.3 Å². The number of carbonyl (C=O) groups excluding carboxylic acids is 2. The maximum absolute atomic E-state index is 11.9. The lowest BCUT2D eigenvalue weighted by atomic mass is 9.82. The van der Waals surface area contributed by atoms with Gasteiger partial charge in [-0.2, -0.15) is 0 Å². The number of benzene rings is 1. The first-order valence-electron chi connectivity index (χ1n) is 7.53. The highest BCUT2D eigenvalue weighted by atomic mass is 16.3. The molecule has 0 bridgehead atoms. The molecule has 2 amide bonds. The molecule has 0 aliphatic rings. The first kappa shape index (κ1) is 16.8. The van der Waals surface area contributed by atoms with Gasteiger partial charge in [-0.3, -0.25) is 9.59 Å². The molecule has 23 heavy (non-hydrogen) atoms. The van der Waals surface area contributed by atoms with Crippen molar-refractivity contribution < 1.29 is 14.0 Å². The third kappa shape index (κ3) is 4.45. The van der Waals surface area contributed by atoms with Crippen molar-refractivity contribution in [3.63, 3.8) is 0 Å². The van der Waals surface area contributed by atoms with Crippen molar-refractivity contribution in [2.45, 2.75) is 26.2 Å². The first-order chi connectivity index (χ1) is 10.9. The molecule has 0 spiro atoms. The molecule has 2 rings (SSSR count). The normalized spacial score (nSPS) is 11.1. The maximum atomic E-state index is 11.9. The number of hydrogen-bond acceptors (Lipinski definition) is 3. The van der Waals surface area contributed by atoms with Gasteiger partial charge in [-0.15, -0.1) is 0 Å². The highest BCUT2D eigenvalue weighted by Crippen LogP contribution is 2.25. The van der Waals surface area contributed by atoms with Gasteiger partial charge in [-0.1, -0.05) is 38.1 Å². The molecule has 1 heterocycles. The lowest BCUT2D eigenvalue weighted by Crippen LogP contribution is -2.42. The highest BCUT2D eigenvalue weighted by molar-refractivity contribution is 5.96. The fraction of sp³-hybridized carbons (Fsp3) is 0.333. The van der Waals surface area contributed by atoms with Crippen LogP contribution in [0.3, 0.4) is 0 Å². The molecule has 0 radical (unpaired) electrons. The molecule has 122 valence electrons. The molecule has 2 N–H and O–H groups in total. The largest absolute Gasteiger partial charge is 0.472 e. The van der Waals surface area contributed by atoms with E-state index in [0.29, 0.717) is 12.1 Å². The average Bonchev–Trinajstić information content (AvgIpc) is 3.05. The van der Waals surface area contributed by atoms with E-state index < -0.39 is 0 Å². The third-order valence-electron chi connectivity index (χ3n) is 3.79. The smallest absolute Gasteiger partial charge is 0.254 e. The quantitative estimate of drug-likeness (QED) is 0.860. The van der Waals surface area contributed by atoms with E-state index in [-0.39, 0.29) is 23.8 Å². The van der Waals surface area contributed by atoms with Crippen LogP contribution in [0.25, 0.3) is 0 Å². The monoisotopic (exact) mass is 314 g/mol. The van der Waals surface area contributed by atoms with E-state index in [9.17, 15) is 9.59 Å². The van der Waals surface area contributed by atoms with Crippen molar-refractivity contribution in [1.29, 1.82) is 0 Å². The summed E-state index contributed by atoms with van der Waals surface area (Å²) in [6.07, 6.45) is 2.76. The van der Waals surface area contributed by atoms with Gasteiger partial charge in [0.05, 0.1) is 18.4 Å². The summed E-state index contributed by atoms with van der Waals surface area (Å²) in [4.78, 5) is 23.7. The average molecular weight is 314 g/mol. The SMILES string of the molecule is Cc1ccccc1C(C)(C)CNC(=O)CNC(=O)c1ccoc1. The van der Waals surface area contributed by atoms with Crippen LogP contribution in [-0.4, -0.2) is 24.9 Å². The van der Waals surface area contributed by atoms with Crippen LogP contribution in [0, 0.1) is 6.92 Å². The molecule has 0 aliphatic carbocycles. The summed E-state index contributed by atoms with van der Waals surface area (Å²) >= 11 is 0. The molecule has 0 unspecified atom stereocenters. The van der Waals surface area contributed by atoms with Crippen LogP contribution in [-0.2, 0) is 10.2 Å². The van der Waals surface area contributed by atoms with Gasteiger partial charge in [0.25, 0.3) is 5.91 Å². The van der Waals surface area contributed by atoms with Crippen molar-refractivity contribution in [2.75, 3.05) is 13.1 Å². The molecule has 5 nitrogen and oxygen atoms in total. The van der Waals surface area contributed by atoms with Crippen LogP contribution in [0.15, 0.2) is 47.3 Å². The van der Waals surface area contributed by atoms with Crippen molar-refractivity contribution in [1.82, 2.24) is 10.6 Å². The Morgan fingerprint density at radius 1 is 1.13 bits per heavy atom. The van der Waals surface area contributed by atoms with Crippen LogP contribution in [0.4, 0.5) is 0 Å². The lowest BCUT2D eigenvalue weighted by molar-refractivity contribution is -0.120. The summed E-state index contributed by atoms with van der Waals surface area (Å²) in [5, 5.41) is 5.43. The molecule has 1 aromatic carbocycles. The van der Waals surface area contributed by atoms with Crippen LogP contribution in [0.5, 0.6) is 0 Å². The van der Waals surface area contributed by atoms with E-state index in [1.165, 1.54) is 23.7 Å². The van der Waals surface area contributed by atoms with Crippen LogP contribution >= 0.6 is 0 Å². The van der Waals surface area contributed by atoms with E-state index in [1.54, 1.807) is 6.07 Å². The Balaban J connectivity index is 1.84. The van der Waals surface area contributed by atoms with E-state index in [4.69, 9.17) is 4.42 Å². The number of amides is 2. The number of hydrogen-bond donors (Lipinski definition) is 2. The fourth-order valence-corrected chi connectivity index (χ4v) is 2.47. The summed E-state index contributed by atoms with van der Waals surface area (Å²) in [7, 11) is 0. The lowest BCUT2D eigenvalue weighted by Gasteiger charge is -2.27. The van der Waals surface area contributed by atoms with Gasteiger partial charge < -0.3 is 15.1 Å². The van der Waals surface area contributed by atoms with Gasteiger partial charge in [0, 0.05) is 12.0 Å². The minimum atomic E-state index is -0.327. The Bertz CT molecular complexity index is 675. The number of nitrogens with one attached hydrogen (secondary N) is 2. The number of furan rings is 1. The fourth-order valence-electron chi connectivity index (χ4n) is 2.47. The third-order valence-corrected chi connectivity index (χ3v) is 3.79. The zero-order chi connectivity index (χ0) is 16.9. The number of rotatable bonds is 6. The van der Waals surface area contributed by atoms with Gasteiger partial charge in [-0.25, -0.2) is 0 Å². The van der Waals surface area contributed by atoms with Crippen LogP contribution in [0.2, 0.25) is 0 Å². The highest BCUT2D eigenvalue weighted by Gasteiger charge is 2.23. The molecule has 0 aliphatic heterocycles. The first-order valence-corrected chi connectivity index (χ1v) is 7.53. The predicted molar refractivity (Wildman–Crippen MR) is 88.3 cm³/mol. The van der Waals surface area contributed by atoms with Crippen molar-refractivity contribution in [2.24, 2.45) is 0 Å². The zero-order valence-electron chi connectivity index (χ0n) is 13.7. The second-order valence-electron chi connectivity index (χ2n) is 6.17. The summed E-state index contributed by atoms with van der Waals surface area (Å²) < 4.78 is 4.83. The van der Waals surface area contributed by atoms with Crippen molar-refractivity contribution in [3.8, 4) is 0 Å². The molecular weight excluding hydrogens is 292 g/mol. The second kappa shape index (κ2) is 7.13. The minimum absolute atomic E-state index is 0.0616. The summed E-state index contributed by atoms with van der Waals surface area (Å²) in [6, 6.07) is 9.68. The summed E-state index contributed by atoms with van der Waals surface area (Å²) in [6.45, 7) is 6.66. The molecule has 5 heteroatoms. The number of aryl methyl sites for hydroxylation is 1. The molecular formula is C18H22N2O3. The maximum Gasteiger partial charge on any atom is 0.254 e. The molecule has 0 fully saturated rings. The Morgan fingerprint density at radius 2 is 1.87 bits per heavy atom. The Kier molecular flexibility index (Phi) is 5.21. The Morgan fingerprint density at radius 3 is 2.52 bits per heavy atom. The van der Waals surface area contributed by atoms with Gasteiger partial charge in [0.1, 0.15) is 6.26 Å². The zero-order valence-corrected chi connectivity index (χ0v) is 13.7. The molecule has 0 atom stereocenters. The van der Waals surface area contributed by atoms with E-state index in [1.807, 2.05) is 12.1 Å². The van der Waals surface area contributed by atoms with Gasteiger partial charge in [-0.05, 0) is 24.1 Å². The topological polar surface area (TPSA) is 71.3 Å². The Labute approximate surface area is 136 Å². The van der Waals surface area contributed by atoms with E-state index in [0.717, 1.165) is 0 Å². The predicted octanol–water partition coefficient (Wildman–Crippen LogP) is 2.41. The van der Waals surface area contributed by atoms with E-state index in [2.05, 4.69) is 43.5 Å². The summed E-state index contributed by atoms with van der Waals surface area (Å²) in [5.41, 5.74) is 2.61. The Hall–Kier alpha value is -2.56. The number of carbonyl (C=O) groups is 2. The van der Waals surface area contributed by atoms with Gasteiger partial charge >= 0.3 is 0 Å². The van der Waals surface area contributed by atoms with Crippen molar-refractivity contribution in [3.05, 3.63) is 59.5 Å². The van der Waals surface area contributed by atoms with Gasteiger partial charge in [0.15, 0.2) is 0 Å². The summed E-state index contributed by atoms with van der Waals surface area (Å²) in [5.74, 6) is -0.546. The molecule has 1 aromatic heterocycles. The van der Waals surface area contributed by atoms with E-state index >= 15 is 0 Å². The molecule has 0 saturated carbocycles. The minimum Gasteiger partial charge on any atom is -0.472 e.